The van der Waals surface area contributed by atoms with Gasteiger partial charge in [-0.2, -0.15) is 0 Å². The van der Waals surface area contributed by atoms with E-state index in [0.717, 1.165) is 6.26 Å². The van der Waals surface area contributed by atoms with Crippen molar-refractivity contribution in [3.63, 3.8) is 0 Å². The molecule has 1 unspecified atom stereocenters. The molecule has 0 saturated carbocycles. The molecule has 0 aliphatic rings. The number of aliphatic carboxylic acids is 1. The summed E-state index contributed by atoms with van der Waals surface area (Å²) in [6, 6.07) is -0.750. The molecule has 2 amide bonds. The summed E-state index contributed by atoms with van der Waals surface area (Å²) in [5.41, 5.74) is 5.25. The summed E-state index contributed by atoms with van der Waals surface area (Å²) >= 11 is 0. The summed E-state index contributed by atoms with van der Waals surface area (Å²) < 4.78 is 22.3. The molecule has 0 saturated heterocycles. The molecule has 0 radical (unpaired) electrons. The smallest absolute Gasteiger partial charge is 0.322 e. The number of carbonyl (C=O) groups excluding carboxylic acids is 2. The average Bonchev–Trinajstić information content (AvgIpc) is 2.23. The minimum absolute atomic E-state index is 0.255. The highest BCUT2D eigenvalue weighted by molar-refractivity contribution is 7.92. The van der Waals surface area contributed by atoms with Gasteiger partial charge in [-0.15, -0.1) is 0 Å². The predicted molar refractivity (Wildman–Crippen MR) is 65.7 cm³/mol. The van der Waals surface area contributed by atoms with Crippen LogP contribution in [0.25, 0.3) is 0 Å². The van der Waals surface area contributed by atoms with Crippen LogP contribution in [0.2, 0.25) is 0 Å². The monoisotopic (exact) mass is 295 g/mol. The molecule has 10 heteroatoms. The first-order valence-corrected chi connectivity index (χ1v) is 7.22. The predicted octanol–water partition coefficient (Wildman–Crippen LogP) is -2.59. The minimum Gasteiger partial charge on any atom is -0.480 e. The van der Waals surface area contributed by atoms with Crippen LogP contribution in [-0.2, 0) is 24.2 Å². The van der Waals surface area contributed by atoms with Gasteiger partial charge in [0.15, 0.2) is 15.1 Å². The molecule has 0 aromatic carbocycles. The van der Waals surface area contributed by atoms with Crippen LogP contribution in [0, 0.1) is 0 Å². The zero-order valence-electron chi connectivity index (χ0n) is 10.5. The van der Waals surface area contributed by atoms with Gasteiger partial charge in [-0.05, 0) is 6.92 Å². The number of carbonyl (C=O) groups is 3. The highest BCUT2D eigenvalue weighted by Crippen LogP contribution is 2.04. The van der Waals surface area contributed by atoms with Crippen molar-refractivity contribution < 1.29 is 27.9 Å². The summed E-state index contributed by atoms with van der Waals surface area (Å²) in [5, 5.41) is 11.3. The van der Waals surface area contributed by atoms with Gasteiger partial charge in [0, 0.05) is 6.26 Å². The second-order valence-corrected chi connectivity index (χ2v) is 6.20. The summed E-state index contributed by atoms with van der Waals surface area (Å²) in [4.78, 5) is 33.1. The van der Waals surface area contributed by atoms with E-state index in [2.05, 4.69) is 10.6 Å². The van der Waals surface area contributed by atoms with Crippen molar-refractivity contribution in [2.24, 2.45) is 5.73 Å². The number of hydrogen-bond donors (Lipinski definition) is 4. The minimum atomic E-state index is -3.88. The quantitative estimate of drug-likeness (QED) is 0.375. The normalized spacial score (nSPS) is 14.3. The van der Waals surface area contributed by atoms with Crippen LogP contribution in [0.5, 0.6) is 0 Å². The Kier molecular flexibility index (Phi) is 6.42. The fourth-order valence-electron chi connectivity index (χ4n) is 1.05. The summed E-state index contributed by atoms with van der Waals surface area (Å²) in [5.74, 6) is -2.90. The van der Waals surface area contributed by atoms with Crippen LogP contribution in [0.4, 0.5) is 0 Å². The summed E-state index contributed by atoms with van der Waals surface area (Å²) in [6.45, 7) is 1.19. The standard InChI is InChI=1S/C9H17N3O6S/c1-5(10)8(14)12-4-11-7(13)3-6(9(15)16)19(2,17)18/h5-6H,3-4,10H2,1-2H3,(H,11,13)(H,12,14)(H,15,16)/t5-,6?/m1/s1. The molecule has 0 aliphatic carbocycles. The van der Waals surface area contributed by atoms with Gasteiger partial charge in [-0.3, -0.25) is 14.4 Å². The number of sulfone groups is 1. The molecule has 0 rings (SSSR count). The zero-order chi connectivity index (χ0) is 15.2. The van der Waals surface area contributed by atoms with E-state index < -0.39 is 45.3 Å². The van der Waals surface area contributed by atoms with Gasteiger partial charge in [-0.25, -0.2) is 8.42 Å². The third kappa shape index (κ3) is 6.72. The highest BCUT2D eigenvalue weighted by Gasteiger charge is 2.30. The van der Waals surface area contributed by atoms with E-state index in [4.69, 9.17) is 10.8 Å². The van der Waals surface area contributed by atoms with Crippen LogP contribution in [0.15, 0.2) is 0 Å². The fourth-order valence-corrected chi connectivity index (χ4v) is 1.87. The first-order valence-electron chi connectivity index (χ1n) is 5.27. The molecule has 19 heavy (non-hydrogen) atoms. The molecule has 0 aliphatic heterocycles. The Bertz CT molecular complexity index is 459. The van der Waals surface area contributed by atoms with E-state index >= 15 is 0 Å². The molecular weight excluding hydrogens is 278 g/mol. The summed E-state index contributed by atoms with van der Waals surface area (Å²) in [6.07, 6.45) is 0.0131. The second-order valence-electron chi connectivity index (χ2n) is 3.97. The van der Waals surface area contributed by atoms with Crippen LogP contribution in [0.1, 0.15) is 13.3 Å². The molecule has 2 atom stereocenters. The van der Waals surface area contributed by atoms with E-state index in [9.17, 15) is 22.8 Å². The first kappa shape index (κ1) is 17.3. The fraction of sp³-hybridized carbons (Fsp3) is 0.667. The SMILES string of the molecule is C[C@@H](N)C(=O)NCNC(=O)CC(C(=O)O)S(C)(=O)=O. The third-order valence-corrected chi connectivity index (χ3v) is 3.53. The molecule has 5 N–H and O–H groups in total. The summed E-state index contributed by atoms with van der Waals surface area (Å²) in [7, 11) is -3.88. The van der Waals surface area contributed by atoms with E-state index in [1.54, 1.807) is 0 Å². The Morgan fingerprint density at radius 1 is 1.26 bits per heavy atom. The Morgan fingerprint density at radius 3 is 2.16 bits per heavy atom. The van der Waals surface area contributed by atoms with Gasteiger partial charge in [0.05, 0.1) is 19.1 Å². The first-order chi connectivity index (χ1) is 8.55. The molecule has 110 valence electrons. The Hall–Kier alpha value is -1.68. The molecule has 0 aromatic rings. The maximum atomic E-state index is 11.3. The Morgan fingerprint density at radius 2 is 1.79 bits per heavy atom. The molecular formula is C9H17N3O6S. The number of nitrogens with one attached hydrogen (secondary N) is 2. The molecule has 0 heterocycles. The van der Waals surface area contributed by atoms with Crippen molar-refractivity contribution in [2.75, 3.05) is 12.9 Å². The molecule has 0 spiro atoms. The van der Waals surface area contributed by atoms with E-state index in [1.807, 2.05) is 0 Å². The van der Waals surface area contributed by atoms with Gasteiger partial charge in [0.1, 0.15) is 0 Å². The zero-order valence-corrected chi connectivity index (χ0v) is 11.4. The maximum Gasteiger partial charge on any atom is 0.322 e. The van der Waals surface area contributed by atoms with Crippen LogP contribution in [-0.4, -0.2) is 55.5 Å². The number of carboxylic acid groups (broad SMARTS) is 1. The Labute approximate surface area is 110 Å². The number of amides is 2. The van der Waals surface area contributed by atoms with E-state index in [-0.39, 0.29) is 6.67 Å². The lowest BCUT2D eigenvalue weighted by atomic mass is 10.3. The number of hydrogen-bond acceptors (Lipinski definition) is 6. The topological polar surface area (TPSA) is 156 Å². The molecule has 0 aromatic heterocycles. The second kappa shape index (κ2) is 7.04. The average molecular weight is 295 g/mol. The third-order valence-electron chi connectivity index (χ3n) is 2.12. The van der Waals surface area contributed by atoms with Crippen LogP contribution in [0.3, 0.4) is 0 Å². The number of rotatable bonds is 7. The van der Waals surface area contributed by atoms with Gasteiger partial charge in [0.25, 0.3) is 0 Å². The molecule has 9 nitrogen and oxygen atoms in total. The number of nitrogens with two attached hydrogens (primary N) is 1. The van der Waals surface area contributed by atoms with Crippen molar-refractivity contribution in [3.05, 3.63) is 0 Å². The lowest BCUT2D eigenvalue weighted by molar-refractivity contribution is -0.138. The van der Waals surface area contributed by atoms with Crippen molar-refractivity contribution in [3.8, 4) is 0 Å². The van der Waals surface area contributed by atoms with Gasteiger partial charge in [-0.1, -0.05) is 0 Å². The van der Waals surface area contributed by atoms with Crippen molar-refractivity contribution in [2.45, 2.75) is 24.6 Å². The van der Waals surface area contributed by atoms with Crippen molar-refractivity contribution in [1.29, 1.82) is 0 Å². The van der Waals surface area contributed by atoms with Crippen molar-refractivity contribution in [1.82, 2.24) is 10.6 Å². The van der Waals surface area contributed by atoms with Crippen LogP contribution >= 0.6 is 0 Å². The molecule has 0 fully saturated rings. The van der Waals surface area contributed by atoms with Gasteiger partial charge < -0.3 is 21.5 Å². The van der Waals surface area contributed by atoms with Crippen LogP contribution < -0.4 is 16.4 Å². The van der Waals surface area contributed by atoms with Gasteiger partial charge in [0.2, 0.25) is 11.8 Å². The maximum absolute atomic E-state index is 11.3. The molecule has 0 bridgehead atoms. The largest absolute Gasteiger partial charge is 0.480 e. The van der Waals surface area contributed by atoms with Gasteiger partial charge >= 0.3 is 5.97 Å². The highest BCUT2D eigenvalue weighted by atomic mass is 32.2. The Balaban J connectivity index is 4.31. The number of carboxylic acids is 1. The van der Waals surface area contributed by atoms with E-state index in [0.29, 0.717) is 0 Å². The van der Waals surface area contributed by atoms with E-state index in [1.165, 1.54) is 6.92 Å². The lowest BCUT2D eigenvalue weighted by Gasteiger charge is -2.12. The lowest BCUT2D eigenvalue weighted by Crippen LogP contribution is -2.45. The van der Waals surface area contributed by atoms with Crippen molar-refractivity contribution >= 4 is 27.6 Å².